The van der Waals surface area contributed by atoms with Gasteiger partial charge in [-0.15, -0.1) is 0 Å². The number of hydrogen-bond donors (Lipinski definition) is 2. The molecule has 0 radical (unpaired) electrons. The van der Waals surface area contributed by atoms with Crippen LogP contribution in [0.1, 0.15) is 35.7 Å². The van der Waals surface area contributed by atoms with Gasteiger partial charge in [-0.05, 0) is 31.0 Å². The second-order valence-corrected chi connectivity index (χ2v) is 5.41. The molecule has 1 aromatic carbocycles. The molecule has 0 aliphatic rings. The summed E-state index contributed by atoms with van der Waals surface area (Å²) in [5.74, 6) is -0.115. The normalized spacial score (nSPS) is 12.2. The molecular weight excluding hydrogens is 280 g/mol. The number of benzene rings is 1. The van der Waals surface area contributed by atoms with E-state index in [9.17, 15) is 9.59 Å². The lowest BCUT2D eigenvalue weighted by atomic mass is 10.1. The van der Waals surface area contributed by atoms with Crippen LogP contribution in [0.3, 0.4) is 0 Å². The molecule has 0 heterocycles. The van der Waals surface area contributed by atoms with Crippen molar-refractivity contribution in [3.05, 3.63) is 41.5 Å². The first-order chi connectivity index (χ1) is 10.4. The number of hydrogen-bond acceptors (Lipinski definition) is 3. The van der Waals surface area contributed by atoms with Crippen molar-refractivity contribution in [2.75, 3.05) is 20.7 Å². The van der Waals surface area contributed by atoms with E-state index in [1.807, 2.05) is 24.3 Å². The number of carbonyl (C=O) groups excluding carboxylic acids is 2. The summed E-state index contributed by atoms with van der Waals surface area (Å²) in [6, 6.07) is 6.94. The highest BCUT2D eigenvalue weighted by Crippen LogP contribution is 2.09. The molecule has 22 heavy (non-hydrogen) atoms. The highest BCUT2D eigenvalue weighted by atomic mass is 16.3. The van der Waals surface area contributed by atoms with E-state index in [0.717, 1.165) is 5.56 Å². The minimum Gasteiger partial charge on any atom is -0.394 e. The standard InChI is InChI=1S/C17H24N2O3/c1-13(12-20)18-17(22)15-9-6-8-14(11-15)7-4-5-10-16(21)19(2)3/h4,6-9,11,13,20H,5,10,12H2,1-3H3,(H,18,22)/b7-4-. The molecule has 0 spiro atoms. The largest absolute Gasteiger partial charge is 0.394 e. The maximum absolute atomic E-state index is 12.0. The molecule has 0 aliphatic heterocycles. The van der Waals surface area contributed by atoms with Gasteiger partial charge in [-0.25, -0.2) is 0 Å². The predicted molar refractivity (Wildman–Crippen MR) is 87.4 cm³/mol. The van der Waals surface area contributed by atoms with Crippen molar-refractivity contribution < 1.29 is 14.7 Å². The highest BCUT2D eigenvalue weighted by molar-refractivity contribution is 5.94. The van der Waals surface area contributed by atoms with E-state index in [4.69, 9.17) is 5.11 Å². The Balaban J connectivity index is 2.60. The van der Waals surface area contributed by atoms with Gasteiger partial charge in [-0.2, -0.15) is 0 Å². The number of nitrogens with zero attached hydrogens (tertiary/aromatic N) is 1. The Morgan fingerprint density at radius 2 is 2.09 bits per heavy atom. The second kappa shape index (κ2) is 9.00. The molecular formula is C17H24N2O3. The summed E-state index contributed by atoms with van der Waals surface area (Å²) in [6.07, 6.45) is 4.95. The summed E-state index contributed by atoms with van der Waals surface area (Å²) in [5.41, 5.74) is 1.45. The fourth-order valence-electron chi connectivity index (χ4n) is 1.79. The number of allylic oxidation sites excluding steroid dienone is 1. The Morgan fingerprint density at radius 1 is 1.36 bits per heavy atom. The first-order valence-electron chi connectivity index (χ1n) is 7.32. The molecule has 0 aliphatic carbocycles. The molecule has 0 saturated heterocycles. The van der Waals surface area contributed by atoms with Gasteiger partial charge >= 0.3 is 0 Å². The Kier molecular flexibility index (Phi) is 7.32. The van der Waals surface area contributed by atoms with E-state index in [1.54, 1.807) is 38.1 Å². The molecule has 2 amide bonds. The maximum atomic E-state index is 12.0. The van der Waals surface area contributed by atoms with Crippen molar-refractivity contribution in [2.45, 2.75) is 25.8 Å². The third kappa shape index (κ3) is 6.10. The quantitative estimate of drug-likeness (QED) is 0.805. The van der Waals surface area contributed by atoms with Gasteiger partial charge < -0.3 is 15.3 Å². The third-order valence-corrected chi connectivity index (χ3v) is 3.13. The minimum absolute atomic E-state index is 0.0920. The van der Waals surface area contributed by atoms with Crippen LogP contribution in [-0.4, -0.2) is 48.6 Å². The van der Waals surface area contributed by atoms with Crippen molar-refractivity contribution in [1.29, 1.82) is 0 Å². The van der Waals surface area contributed by atoms with Crippen LogP contribution in [0.15, 0.2) is 30.3 Å². The van der Waals surface area contributed by atoms with Crippen molar-refractivity contribution in [2.24, 2.45) is 0 Å². The molecule has 2 N–H and O–H groups in total. The Hall–Kier alpha value is -2.14. The molecule has 5 nitrogen and oxygen atoms in total. The molecule has 1 atom stereocenters. The molecule has 1 aromatic rings. The minimum atomic E-state index is -0.274. The monoisotopic (exact) mass is 304 g/mol. The van der Waals surface area contributed by atoms with E-state index < -0.39 is 0 Å². The van der Waals surface area contributed by atoms with Crippen molar-refractivity contribution >= 4 is 17.9 Å². The number of amides is 2. The fraction of sp³-hybridized carbons (Fsp3) is 0.412. The number of rotatable bonds is 7. The van der Waals surface area contributed by atoms with Gasteiger partial charge in [0.15, 0.2) is 0 Å². The van der Waals surface area contributed by atoms with Gasteiger partial charge in [0, 0.05) is 32.1 Å². The van der Waals surface area contributed by atoms with Gasteiger partial charge in [0.1, 0.15) is 0 Å². The molecule has 120 valence electrons. The van der Waals surface area contributed by atoms with Crippen LogP contribution in [0.25, 0.3) is 6.08 Å². The van der Waals surface area contributed by atoms with E-state index in [-0.39, 0.29) is 24.5 Å². The smallest absolute Gasteiger partial charge is 0.251 e. The Morgan fingerprint density at radius 3 is 2.73 bits per heavy atom. The summed E-state index contributed by atoms with van der Waals surface area (Å²) in [4.78, 5) is 25.0. The summed E-state index contributed by atoms with van der Waals surface area (Å²) < 4.78 is 0. The zero-order valence-corrected chi connectivity index (χ0v) is 13.4. The van der Waals surface area contributed by atoms with Gasteiger partial charge in [-0.1, -0.05) is 24.3 Å². The second-order valence-electron chi connectivity index (χ2n) is 5.41. The average Bonchev–Trinajstić information content (AvgIpc) is 2.51. The van der Waals surface area contributed by atoms with Crippen LogP contribution in [0, 0.1) is 0 Å². The maximum Gasteiger partial charge on any atom is 0.251 e. The molecule has 5 heteroatoms. The number of carbonyl (C=O) groups is 2. The van der Waals surface area contributed by atoms with Crippen LogP contribution in [0.2, 0.25) is 0 Å². The van der Waals surface area contributed by atoms with Gasteiger partial charge in [0.05, 0.1) is 6.61 Å². The van der Waals surface area contributed by atoms with Crippen LogP contribution in [0.5, 0.6) is 0 Å². The lowest BCUT2D eigenvalue weighted by molar-refractivity contribution is -0.128. The summed E-state index contributed by atoms with van der Waals surface area (Å²) in [6.45, 7) is 1.65. The van der Waals surface area contributed by atoms with Gasteiger partial charge in [0.25, 0.3) is 5.91 Å². The van der Waals surface area contributed by atoms with Crippen LogP contribution in [0.4, 0.5) is 0 Å². The molecule has 1 rings (SSSR count). The lowest BCUT2D eigenvalue weighted by Gasteiger charge is -2.11. The van der Waals surface area contributed by atoms with Crippen molar-refractivity contribution in [3.63, 3.8) is 0 Å². The average molecular weight is 304 g/mol. The number of aliphatic hydroxyl groups excluding tert-OH is 1. The van der Waals surface area contributed by atoms with E-state index in [0.29, 0.717) is 18.4 Å². The van der Waals surface area contributed by atoms with E-state index in [1.165, 1.54) is 0 Å². The molecule has 1 unspecified atom stereocenters. The zero-order chi connectivity index (χ0) is 16.5. The predicted octanol–water partition coefficient (Wildman–Crippen LogP) is 1.68. The lowest BCUT2D eigenvalue weighted by Crippen LogP contribution is -2.34. The van der Waals surface area contributed by atoms with Crippen molar-refractivity contribution in [3.8, 4) is 0 Å². The molecule has 0 saturated carbocycles. The van der Waals surface area contributed by atoms with Crippen LogP contribution >= 0.6 is 0 Å². The Labute approximate surface area is 131 Å². The Bertz CT molecular complexity index is 538. The SMILES string of the molecule is CC(CO)NC(=O)c1cccc(/C=C\CCC(=O)N(C)C)c1. The summed E-state index contributed by atoms with van der Waals surface area (Å²) >= 11 is 0. The van der Waals surface area contributed by atoms with E-state index >= 15 is 0 Å². The number of aliphatic hydroxyl groups is 1. The first kappa shape index (κ1) is 17.9. The topological polar surface area (TPSA) is 69.6 Å². The molecule has 0 bridgehead atoms. The van der Waals surface area contributed by atoms with Crippen molar-refractivity contribution in [1.82, 2.24) is 10.2 Å². The third-order valence-electron chi connectivity index (χ3n) is 3.13. The molecule has 0 aromatic heterocycles. The summed E-state index contributed by atoms with van der Waals surface area (Å²) in [7, 11) is 3.48. The van der Waals surface area contributed by atoms with Crippen LogP contribution < -0.4 is 5.32 Å². The van der Waals surface area contributed by atoms with Gasteiger partial charge in [-0.3, -0.25) is 9.59 Å². The zero-order valence-electron chi connectivity index (χ0n) is 13.4. The van der Waals surface area contributed by atoms with E-state index in [2.05, 4.69) is 5.32 Å². The van der Waals surface area contributed by atoms with Crippen LogP contribution in [-0.2, 0) is 4.79 Å². The van der Waals surface area contributed by atoms with Gasteiger partial charge in [0.2, 0.25) is 5.91 Å². The molecule has 0 fully saturated rings. The first-order valence-corrected chi connectivity index (χ1v) is 7.32. The highest BCUT2D eigenvalue weighted by Gasteiger charge is 2.08. The number of nitrogens with one attached hydrogen (secondary N) is 1. The summed E-state index contributed by atoms with van der Waals surface area (Å²) in [5, 5.41) is 11.7. The fourth-order valence-corrected chi connectivity index (χ4v) is 1.79.